The maximum Gasteiger partial charge on any atom is 0.410 e. The maximum absolute atomic E-state index is 14.4. The largest absolute Gasteiger partial charge is 0.444 e. The number of carbonyl (C=O) groups excluding carboxylic acids is 2. The van der Waals surface area contributed by atoms with E-state index in [1.807, 2.05) is 42.0 Å². The number of aromatic nitrogens is 3. The SMILES string of the molecule is C[C@@H]1COCCN1C[C@H]1CN(C(=O)OC(C)(C)C)[C@H](C)CN1CC(=O)N1CC(C)(C)c2c1cc(Cc1ccc(F)cc1)c1ncnn21. The molecule has 254 valence electrons. The van der Waals surface area contributed by atoms with Crippen molar-refractivity contribution in [1.29, 1.82) is 0 Å². The van der Waals surface area contributed by atoms with Gasteiger partial charge in [-0.15, -0.1) is 0 Å². The molecular weight excluding hydrogens is 601 g/mol. The second-order valence-corrected chi connectivity index (χ2v) is 15.0. The van der Waals surface area contributed by atoms with E-state index < -0.39 is 5.60 Å². The molecule has 0 N–H and O–H groups in total. The average molecular weight is 650 g/mol. The fraction of sp³-hybridized carbons (Fsp3) is 0.600. The monoisotopic (exact) mass is 649 g/mol. The van der Waals surface area contributed by atoms with Crippen molar-refractivity contribution in [3.8, 4) is 0 Å². The van der Waals surface area contributed by atoms with Crippen LogP contribution in [-0.4, -0.2) is 118 Å². The molecule has 6 rings (SSSR count). The Morgan fingerprint density at radius 1 is 1.09 bits per heavy atom. The number of halogens is 1. The number of anilines is 1. The number of rotatable bonds is 6. The van der Waals surface area contributed by atoms with Gasteiger partial charge in [-0.1, -0.05) is 26.0 Å². The summed E-state index contributed by atoms with van der Waals surface area (Å²) in [6.45, 7) is 18.7. The van der Waals surface area contributed by atoms with E-state index in [4.69, 9.17) is 9.47 Å². The molecule has 1 aromatic carbocycles. The van der Waals surface area contributed by atoms with Crippen LogP contribution in [0, 0.1) is 5.82 Å². The molecule has 2 amide bonds. The summed E-state index contributed by atoms with van der Waals surface area (Å²) in [6, 6.07) is 8.57. The Morgan fingerprint density at radius 3 is 2.53 bits per heavy atom. The minimum Gasteiger partial charge on any atom is -0.444 e. The van der Waals surface area contributed by atoms with Crippen LogP contribution < -0.4 is 4.90 Å². The summed E-state index contributed by atoms with van der Waals surface area (Å²) in [5, 5.41) is 4.59. The molecule has 3 aromatic rings. The van der Waals surface area contributed by atoms with Gasteiger partial charge in [0.1, 0.15) is 17.7 Å². The summed E-state index contributed by atoms with van der Waals surface area (Å²) >= 11 is 0. The van der Waals surface area contributed by atoms with Gasteiger partial charge < -0.3 is 19.3 Å². The first-order valence-corrected chi connectivity index (χ1v) is 16.7. The zero-order valence-corrected chi connectivity index (χ0v) is 28.7. The van der Waals surface area contributed by atoms with Gasteiger partial charge >= 0.3 is 6.09 Å². The van der Waals surface area contributed by atoms with Crippen molar-refractivity contribution in [3.63, 3.8) is 0 Å². The van der Waals surface area contributed by atoms with Gasteiger partial charge in [0.05, 0.1) is 31.1 Å². The number of ether oxygens (including phenoxy) is 2. The minimum absolute atomic E-state index is 0.00182. The molecule has 2 fully saturated rings. The van der Waals surface area contributed by atoms with Crippen LogP contribution in [0.3, 0.4) is 0 Å². The molecule has 0 radical (unpaired) electrons. The summed E-state index contributed by atoms with van der Waals surface area (Å²) in [6.07, 6.45) is 1.76. The molecule has 0 spiro atoms. The van der Waals surface area contributed by atoms with Crippen molar-refractivity contribution in [2.75, 3.05) is 57.4 Å². The molecule has 0 bridgehead atoms. The standard InChI is InChI=1S/C35H48FN7O4/c1-23-16-40(28(17-39-12-13-46-20-24(39)2)18-41(23)33(45)47-34(3,4)5)19-30(44)42-21-35(6,7)31-29(42)15-26(32-37-22-38-43(31)32)14-25-8-10-27(36)11-9-25/h8-11,15,22-24,28H,12-14,16-21H2,1-7H3/t23-,24-,28+/m1/s1. The normalized spacial score (nSPS) is 23.7. The maximum atomic E-state index is 14.4. The Balaban J connectivity index is 1.28. The highest BCUT2D eigenvalue weighted by Gasteiger charge is 2.44. The Bertz CT molecular complexity index is 1620. The Labute approximate surface area is 276 Å². The fourth-order valence-corrected chi connectivity index (χ4v) is 7.21. The first kappa shape index (κ1) is 33.3. The molecule has 2 aromatic heterocycles. The molecule has 12 heteroatoms. The smallest absolute Gasteiger partial charge is 0.410 e. The molecule has 5 heterocycles. The van der Waals surface area contributed by atoms with Gasteiger partial charge in [0.25, 0.3) is 0 Å². The molecule has 3 aliphatic heterocycles. The van der Waals surface area contributed by atoms with Crippen LogP contribution in [0.2, 0.25) is 0 Å². The minimum atomic E-state index is -0.598. The first-order chi connectivity index (χ1) is 22.2. The number of fused-ring (bicyclic) bond motifs is 3. The van der Waals surface area contributed by atoms with Crippen LogP contribution in [0.4, 0.5) is 14.9 Å². The Morgan fingerprint density at radius 2 is 1.83 bits per heavy atom. The van der Waals surface area contributed by atoms with Crippen molar-refractivity contribution in [1.82, 2.24) is 29.3 Å². The summed E-state index contributed by atoms with van der Waals surface area (Å²) in [5.74, 6) is -0.279. The van der Waals surface area contributed by atoms with Crippen LogP contribution in [0.5, 0.6) is 0 Å². The van der Waals surface area contributed by atoms with Crippen LogP contribution in [0.1, 0.15) is 65.3 Å². The van der Waals surface area contributed by atoms with Crippen molar-refractivity contribution in [2.24, 2.45) is 0 Å². The highest BCUT2D eigenvalue weighted by Crippen LogP contribution is 2.42. The van der Waals surface area contributed by atoms with E-state index >= 15 is 0 Å². The zero-order chi connectivity index (χ0) is 33.7. The lowest BCUT2D eigenvalue weighted by Crippen LogP contribution is -2.64. The molecule has 11 nitrogen and oxygen atoms in total. The van der Waals surface area contributed by atoms with Gasteiger partial charge in [0.2, 0.25) is 5.91 Å². The zero-order valence-electron chi connectivity index (χ0n) is 28.7. The molecule has 0 aliphatic carbocycles. The predicted molar refractivity (Wildman–Crippen MR) is 177 cm³/mol. The topological polar surface area (TPSA) is 95.8 Å². The van der Waals surface area contributed by atoms with E-state index in [0.29, 0.717) is 45.8 Å². The summed E-state index contributed by atoms with van der Waals surface area (Å²) < 4.78 is 27.0. The van der Waals surface area contributed by atoms with Gasteiger partial charge in [-0.2, -0.15) is 5.10 Å². The summed E-state index contributed by atoms with van der Waals surface area (Å²) in [7, 11) is 0. The van der Waals surface area contributed by atoms with Crippen molar-refractivity contribution in [3.05, 3.63) is 59.3 Å². The Hall–Kier alpha value is -3.61. The van der Waals surface area contributed by atoms with Gasteiger partial charge in [-0.05, 0) is 58.4 Å². The van der Waals surface area contributed by atoms with Gasteiger partial charge in [0.15, 0.2) is 5.65 Å². The number of hydrogen-bond acceptors (Lipinski definition) is 8. The van der Waals surface area contributed by atoms with Crippen LogP contribution >= 0.6 is 0 Å². The lowest BCUT2D eigenvalue weighted by molar-refractivity contribution is -0.121. The van der Waals surface area contributed by atoms with Gasteiger partial charge in [-0.3, -0.25) is 14.6 Å². The lowest BCUT2D eigenvalue weighted by Gasteiger charge is -2.47. The summed E-state index contributed by atoms with van der Waals surface area (Å²) in [5.41, 5.74) is 3.42. The van der Waals surface area contributed by atoms with Crippen LogP contribution in [0.25, 0.3) is 5.65 Å². The van der Waals surface area contributed by atoms with E-state index in [0.717, 1.165) is 34.7 Å². The molecule has 2 saturated heterocycles. The van der Waals surface area contributed by atoms with Crippen LogP contribution in [0.15, 0.2) is 36.7 Å². The molecule has 47 heavy (non-hydrogen) atoms. The molecule has 3 atom stereocenters. The van der Waals surface area contributed by atoms with Crippen molar-refractivity contribution >= 4 is 23.3 Å². The molecule has 0 unspecified atom stereocenters. The third-order valence-electron chi connectivity index (χ3n) is 9.57. The third-order valence-corrected chi connectivity index (χ3v) is 9.57. The number of amides is 2. The number of carbonyl (C=O) groups is 2. The first-order valence-electron chi connectivity index (χ1n) is 16.7. The van der Waals surface area contributed by atoms with E-state index in [1.54, 1.807) is 18.5 Å². The number of pyridine rings is 1. The van der Waals surface area contributed by atoms with E-state index in [-0.39, 0.29) is 47.9 Å². The third kappa shape index (κ3) is 7.00. The second kappa shape index (κ2) is 12.8. The highest BCUT2D eigenvalue weighted by atomic mass is 19.1. The number of piperazine rings is 1. The predicted octanol–water partition coefficient (Wildman–Crippen LogP) is 4.11. The molecule has 0 saturated carbocycles. The van der Waals surface area contributed by atoms with E-state index in [9.17, 15) is 14.0 Å². The summed E-state index contributed by atoms with van der Waals surface area (Å²) in [4.78, 5) is 40.6. The number of benzene rings is 1. The van der Waals surface area contributed by atoms with Gasteiger partial charge in [-0.25, -0.2) is 18.7 Å². The number of nitrogens with zero attached hydrogens (tertiary/aromatic N) is 7. The van der Waals surface area contributed by atoms with Crippen LogP contribution in [-0.2, 0) is 26.1 Å². The molecular formula is C35H48FN7O4. The van der Waals surface area contributed by atoms with Crippen molar-refractivity contribution in [2.45, 2.75) is 84.0 Å². The highest BCUT2D eigenvalue weighted by molar-refractivity contribution is 5.97. The lowest BCUT2D eigenvalue weighted by atomic mass is 9.90. The molecule has 3 aliphatic rings. The van der Waals surface area contributed by atoms with E-state index in [2.05, 4.69) is 46.7 Å². The quantitative estimate of drug-likeness (QED) is 0.394. The number of hydrogen-bond donors (Lipinski definition) is 0. The van der Waals surface area contributed by atoms with Crippen molar-refractivity contribution < 1.29 is 23.5 Å². The Kier molecular flexibility index (Phi) is 9.05. The number of morpholine rings is 1. The van der Waals surface area contributed by atoms with Gasteiger partial charge in [0, 0.05) is 68.2 Å². The average Bonchev–Trinajstić information content (AvgIpc) is 3.58. The second-order valence-electron chi connectivity index (χ2n) is 15.0. The fourth-order valence-electron chi connectivity index (χ4n) is 7.21. The van der Waals surface area contributed by atoms with E-state index in [1.165, 1.54) is 12.1 Å².